The summed E-state index contributed by atoms with van der Waals surface area (Å²) in [5, 5.41) is 0. The van der Waals surface area contributed by atoms with Crippen LogP contribution in [0.4, 0.5) is 0 Å². The standard InChI is InChI=1S/CH4.H3N.H2OSi/c;;1-2/h1H4;1H3;2H2. The van der Waals surface area contributed by atoms with Crippen LogP contribution in [0.1, 0.15) is 7.43 Å². The van der Waals surface area contributed by atoms with Crippen LogP contribution in [0.2, 0.25) is 0 Å². The third-order valence-corrected chi connectivity index (χ3v) is 0. The van der Waals surface area contributed by atoms with Crippen molar-refractivity contribution in [2.75, 3.05) is 0 Å². The molecule has 4 heavy (non-hydrogen) atoms. The first-order chi connectivity index (χ1) is 1.00. The third-order valence-electron chi connectivity index (χ3n) is 0. The molecule has 0 bridgehead atoms. The van der Waals surface area contributed by atoms with Crippen LogP contribution in [-0.4, -0.2) is 10.1 Å². The van der Waals surface area contributed by atoms with Gasteiger partial charge in [0.15, 0.2) is 0 Å². The van der Waals surface area contributed by atoms with E-state index in [0.29, 0.717) is 10.1 Å². The summed E-state index contributed by atoms with van der Waals surface area (Å²) >= 11 is 0. The summed E-state index contributed by atoms with van der Waals surface area (Å²) in [6, 6.07) is 0. The van der Waals surface area contributed by atoms with Crippen molar-refractivity contribution in [3.05, 3.63) is 0 Å². The first kappa shape index (κ1) is 36.9. The van der Waals surface area contributed by atoms with E-state index in [-0.39, 0.29) is 13.6 Å². The van der Waals surface area contributed by atoms with Crippen LogP contribution in [0, 0.1) is 0 Å². The van der Waals surface area contributed by atoms with Gasteiger partial charge in [-0.1, -0.05) is 7.43 Å². The van der Waals surface area contributed by atoms with Crippen LogP contribution in [-0.2, 0) is 4.46 Å². The van der Waals surface area contributed by atoms with E-state index in [2.05, 4.69) is 0 Å². The molecular formula is CH9NOSi. The van der Waals surface area contributed by atoms with E-state index in [1.807, 2.05) is 0 Å². The van der Waals surface area contributed by atoms with Crippen molar-refractivity contribution >= 4 is 10.1 Å². The Morgan fingerprint density at radius 3 is 1.25 bits per heavy atom. The third kappa shape index (κ3) is 3530. The van der Waals surface area contributed by atoms with Crippen molar-refractivity contribution in [2.45, 2.75) is 7.43 Å². The van der Waals surface area contributed by atoms with Crippen LogP contribution in [0.3, 0.4) is 0 Å². The minimum Gasteiger partial charge on any atom is -0.396 e. The average molecular weight is 79.2 g/mol. The smallest absolute Gasteiger partial charge is 0.245 e. The highest BCUT2D eigenvalue weighted by atomic mass is 28.1. The second-order valence-electron chi connectivity index (χ2n) is 0. The van der Waals surface area contributed by atoms with E-state index in [0.717, 1.165) is 0 Å². The van der Waals surface area contributed by atoms with Gasteiger partial charge >= 0.3 is 0 Å². The van der Waals surface area contributed by atoms with Gasteiger partial charge in [0.25, 0.3) is 0 Å². The molecule has 0 rings (SSSR count). The van der Waals surface area contributed by atoms with E-state index in [1.165, 1.54) is 0 Å². The van der Waals surface area contributed by atoms with Crippen molar-refractivity contribution in [1.29, 1.82) is 0 Å². The highest BCUT2D eigenvalue weighted by Crippen LogP contribution is 0.469. The summed E-state index contributed by atoms with van der Waals surface area (Å²) in [7, 11) is 0.611. The van der Waals surface area contributed by atoms with Gasteiger partial charge in [0, 0.05) is 0 Å². The van der Waals surface area contributed by atoms with Crippen molar-refractivity contribution < 1.29 is 4.46 Å². The molecule has 3 N–H and O–H groups in total. The van der Waals surface area contributed by atoms with E-state index in [4.69, 9.17) is 4.46 Å². The first-order valence-electron chi connectivity index (χ1n) is 0.289. The van der Waals surface area contributed by atoms with Crippen LogP contribution in [0.25, 0.3) is 0 Å². The van der Waals surface area contributed by atoms with Gasteiger partial charge in [-0.3, -0.25) is 0 Å². The molecule has 0 atom stereocenters. The summed E-state index contributed by atoms with van der Waals surface area (Å²) in [5.41, 5.74) is 0. The zero-order valence-electron chi connectivity index (χ0n) is 1.82. The van der Waals surface area contributed by atoms with Crippen LogP contribution < -0.4 is 6.15 Å². The molecule has 0 heterocycles. The summed E-state index contributed by atoms with van der Waals surface area (Å²) in [4.78, 5) is 0. The molecule has 3 heteroatoms. The summed E-state index contributed by atoms with van der Waals surface area (Å²) in [6.07, 6.45) is 0. The molecule has 0 aromatic heterocycles. The molecule has 0 aliphatic rings. The van der Waals surface area contributed by atoms with Gasteiger partial charge < -0.3 is 10.6 Å². The maximum absolute atomic E-state index is 8.28. The van der Waals surface area contributed by atoms with Gasteiger partial charge in [-0.25, -0.2) is 0 Å². The molecular weight excluding hydrogens is 70.1 g/mol. The number of hydrogen-bond donors (Lipinski definition) is 1. The normalized spacial score (nSPS) is 1.00. The molecule has 2 nitrogen and oxygen atoms in total. The van der Waals surface area contributed by atoms with Crippen LogP contribution >= 0.6 is 0 Å². The van der Waals surface area contributed by atoms with E-state index in [9.17, 15) is 0 Å². The fourth-order valence-electron chi connectivity index (χ4n) is 0. The van der Waals surface area contributed by atoms with Gasteiger partial charge in [0.1, 0.15) is 0 Å². The van der Waals surface area contributed by atoms with E-state index >= 15 is 0 Å². The van der Waals surface area contributed by atoms with Gasteiger partial charge in [0.05, 0.1) is 0 Å². The molecule has 0 radical (unpaired) electrons. The van der Waals surface area contributed by atoms with E-state index < -0.39 is 0 Å². The second kappa shape index (κ2) is 21800. The minimum absolute atomic E-state index is 0. The second-order valence-corrected chi connectivity index (χ2v) is 0. The van der Waals surface area contributed by atoms with Crippen molar-refractivity contribution in [3.8, 4) is 0 Å². The lowest BCUT2D eigenvalue weighted by molar-refractivity contribution is 0.590. The molecule has 0 aliphatic carbocycles. The monoisotopic (exact) mass is 79.0 g/mol. The Balaban J connectivity index is -0.00000000500. The Bertz CT molecular complexity index is 8.00. The topological polar surface area (TPSA) is 52.1 Å². The number of hydrogen-bond acceptors (Lipinski definition) is 2. The molecule has 28 valence electrons. The Morgan fingerprint density at radius 2 is 1.25 bits per heavy atom. The molecule has 0 aromatic carbocycles. The van der Waals surface area contributed by atoms with Gasteiger partial charge in [-0.15, -0.1) is 0 Å². The highest BCUT2D eigenvalue weighted by Gasteiger charge is 0.701. The van der Waals surface area contributed by atoms with Crippen molar-refractivity contribution in [3.63, 3.8) is 0 Å². The Kier molecular flexibility index (Phi) is 201000. The zero-order valence-corrected chi connectivity index (χ0v) is 3.24. The largest absolute Gasteiger partial charge is 0.396 e. The summed E-state index contributed by atoms with van der Waals surface area (Å²) in [6.45, 7) is 0. The van der Waals surface area contributed by atoms with Gasteiger partial charge in [0.2, 0.25) is 10.1 Å². The molecule has 0 amide bonds. The lowest BCUT2D eigenvalue weighted by atomic mass is 12.0. The highest BCUT2D eigenvalue weighted by molar-refractivity contribution is 5.85. The number of rotatable bonds is 0. The SMILES string of the molecule is C.N.O=[SiH2]. The fraction of sp³-hybridized carbons (Fsp3) is 1.00. The quantitative estimate of drug-likeness (QED) is 0.407. The molecule has 0 unspecified atom stereocenters. The van der Waals surface area contributed by atoms with Crippen molar-refractivity contribution in [1.82, 2.24) is 6.15 Å². The Hall–Kier alpha value is -0.0231. The molecule has 0 fully saturated rings. The summed E-state index contributed by atoms with van der Waals surface area (Å²) < 4.78 is 8.28. The molecule has 0 aliphatic heterocycles. The van der Waals surface area contributed by atoms with E-state index in [1.54, 1.807) is 0 Å². The van der Waals surface area contributed by atoms with Crippen molar-refractivity contribution in [2.24, 2.45) is 0 Å². The molecule has 0 saturated carbocycles. The molecule has 0 saturated heterocycles. The molecule has 0 aromatic rings. The molecule has 0 spiro atoms. The van der Waals surface area contributed by atoms with Gasteiger partial charge in [-0.2, -0.15) is 0 Å². The zero-order chi connectivity index (χ0) is 2.00. The lowest BCUT2D eigenvalue weighted by Gasteiger charge is -0.852. The Labute approximate surface area is 29.3 Å². The van der Waals surface area contributed by atoms with Crippen LogP contribution in [0.5, 0.6) is 0 Å². The summed E-state index contributed by atoms with van der Waals surface area (Å²) in [5.74, 6) is 0. The predicted molar refractivity (Wildman–Crippen MR) is 21.0 cm³/mol. The predicted octanol–water partition coefficient (Wildman–Crippen LogP) is -0.237. The fourth-order valence-corrected chi connectivity index (χ4v) is 0. The van der Waals surface area contributed by atoms with Crippen LogP contribution in [0.15, 0.2) is 0 Å². The minimum atomic E-state index is 0. The average Bonchev–Trinajstić information content (AvgIpc) is 1.00. The van der Waals surface area contributed by atoms with Gasteiger partial charge in [-0.05, 0) is 0 Å². The first-order valence-corrected chi connectivity index (χ1v) is 0.866. The Morgan fingerprint density at radius 1 is 1.25 bits per heavy atom. The lowest BCUT2D eigenvalue weighted by Crippen LogP contribution is -0.969. The maximum Gasteiger partial charge on any atom is 0.245 e. The maximum atomic E-state index is 8.28.